The summed E-state index contributed by atoms with van der Waals surface area (Å²) < 4.78 is 15.7. The van der Waals surface area contributed by atoms with E-state index in [-0.39, 0.29) is 6.54 Å². The lowest BCUT2D eigenvalue weighted by Crippen LogP contribution is -1.95. The minimum absolute atomic E-state index is 0.277. The van der Waals surface area contributed by atoms with Gasteiger partial charge in [0.1, 0.15) is 5.52 Å². The first-order valence-electron chi connectivity index (χ1n) is 4.50. The Bertz CT molecular complexity index is 438. The van der Waals surface area contributed by atoms with Crippen LogP contribution in [0, 0.1) is 0 Å². The van der Waals surface area contributed by atoms with Crippen LogP contribution in [-0.4, -0.2) is 19.2 Å². The van der Waals surface area contributed by atoms with Crippen LogP contribution in [0.25, 0.3) is 11.1 Å². The van der Waals surface area contributed by atoms with Crippen LogP contribution >= 0.6 is 0 Å². The third kappa shape index (κ3) is 1.61. The van der Waals surface area contributed by atoms with E-state index in [4.69, 9.17) is 19.6 Å². The van der Waals surface area contributed by atoms with Crippen LogP contribution in [0.15, 0.2) is 16.5 Å². The van der Waals surface area contributed by atoms with Crippen LogP contribution in [0.3, 0.4) is 0 Å². The summed E-state index contributed by atoms with van der Waals surface area (Å²) in [5.74, 6) is 1.74. The van der Waals surface area contributed by atoms with E-state index in [0.29, 0.717) is 28.5 Å². The van der Waals surface area contributed by atoms with Gasteiger partial charge in [-0.1, -0.05) is 0 Å². The quantitative estimate of drug-likeness (QED) is 0.823. The zero-order valence-corrected chi connectivity index (χ0v) is 8.61. The number of fused-ring (bicyclic) bond motifs is 1. The number of methoxy groups -OCH3 is 2. The van der Waals surface area contributed by atoms with E-state index < -0.39 is 0 Å². The molecular weight excluding hydrogens is 196 g/mol. The van der Waals surface area contributed by atoms with Crippen LogP contribution in [-0.2, 0) is 6.54 Å². The van der Waals surface area contributed by atoms with Gasteiger partial charge in [0, 0.05) is 12.1 Å². The minimum Gasteiger partial charge on any atom is -0.493 e. The van der Waals surface area contributed by atoms with Crippen molar-refractivity contribution in [3.05, 3.63) is 18.0 Å². The van der Waals surface area contributed by atoms with Crippen molar-refractivity contribution in [1.82, 2.24) is 4.98 Å². The fourth-order valence-electron chi connectivity index (χ4n) is 1.39. The molecule has 0 saturated carbocycles. The maximum Gasteiger partial charge on any atom is 0.209 e. The number of rotatable bonds is 3. The Morgan fingerprint density at radius 2 is 1.93 bits per heavy atom. The molecule has 0 amide bonds. The first kappa shape index (κ1) is 9.79. The largest absolute Gasteiger partial charge is 0.493 e. The summed E-state index contributed by atoms with van der Waals surface area (Å²) in [5, 5.41) is 0. The molecule has 0 unspecified atom stereocenters. The summed E-state index contributed by atoms with van der Waals surface area (Å²) in [4.78, 5) is 4.19. The number of ether oxygens (including phenoxy) is 2. The zero-order chi connectivity index (χ0) is 10.8. The predicted octanol–water partition coefficient (Wildman–Crippen LogP) is 1.30. The molecule has 0 radical (unpaired) electrons. The van der Waals surface area contributed by atoms with Crippen molar-refractivity contribution >= 4 is 11.1 Å². The molecule has 80 valence electrons. The van der Waals surface area contributed by atoms with Gasteiger partial charge in [0.2, 0.25) is 5.89 Å². The zero-order valence-electron chi connectivity index (χ0n) is 8.61. The third-order valence-corrected chi connectivity index (χ3v) is 2.11. The van der Waals surface area contributed by atoms with Gasteiger partial charge >= 0.3 is 0 Å². The molecule has 0 aliphatic rings. The highest BCUT2D eigenvalue weighted by atomic mass is 16.5. The third-order valence-electron chi connectivity index (χ3n) is 2.11. The lowest BCUT2D eigenvalue weighted by atomic mass is 10.3. The molecule has 0 saturated heterocycles. The summed E-state index contributed by atoms with van der Waals surface area (Å²) >= 11 is 0. The monoisotopic (exact) mass is 208 g/mol. The van der Waals surface area contributed by atoms with Gasteiger partial charge in [0.15, 0.2) is 17.1 Å². The van der Waals surface area contributed by atoms with Crippen molar-refractivity contribution in [1.29, 1.82) is 0 Å². The molecule has 1 heterocycles. The Balaban J connectivity index is 2.61. The number of oxazole rings is 1. The summed E-state index contributed by atoms with van der Waals surface area (Å²) in [6, 6.07) is 3.50. The van der Waals surface area contributed by atoms with E-state index >= 15 is 0 Å². The van der Waals surface area contributed by atoms with Crippen molar-refractivity contribution in [2.75, 3.05) is 14.2 Å². The van der Waals surface area contributed by atoms with Gasteiger partial charge in [-0.15, -0.1) is 0 Å². The Morgan fingerprint density at radius 3 is 2.53 bits per heavy atom. The summed E-state index contributed by atoms with van der Waals surface area (Å²) in [6.07, 6.45) is 0. The van der Waals surface area contributed by atoms with Gasteiger partial charge in [-0.05, 0) is 0 Å². The standard InChI is InChI=1S/C10H12N2O3/c1-13-8-3-6-7(4-9(8)14-2)15-10(5-11)12-6/h3-4H,5,11H2,1-2H3. The molecule has 1 aromatic carbocycles. The highest BCUT2D eigenvalue weighted by Crippen LogP contribution is 2.32. The van der Waals surface area contributed by atoms with Crippen LogP contribution in [0.2, 0.25) is 0 Å². The predicted molar refractivity (Wildman–Crippen MR) is 55.0 cm³/mol. The first-order chi connectivity index (χ1) is 7.28. The van der Waals surface area contributed by atoms with Crippen LogP contribution in [0.5, 0.6) is 11.5 Å². The molecule has 0 fully saturated rings. The maximum absolute atomic E-state index is 5.44. The van der Waals surface area contributed by atoms with Crippen molar-refractivity contribution in [3.8, 4) is 11.5 Å². The fourth-order valence-corrected chi connectivity index (χ4v) is 1.39. The van der Waals surface area contributed by atoms with E-state index in [1.807, 2.05) is 0 Å². The Hall–Kier alpha value is -1.75. The maximum atomic E-state index is 5.44. The second-order valence-corrected chi connectivity index (χ2v) is 2.99. The van der Waals surface area contributed by atoms with Crippen molar-refractivity contribution in [3.63, 3.8) is 0 Å². The normalized spacial score (nSPS) is 10.6. The Kier molecular flexibility index (Phi) is 2.47. The summed E-state index contributed by atoms with van der Waals surface area (Å²) in [7, 11) is 3.15. The SMILES string of the molecule is COc1cc2nc(CN)oc2cc1OC. The molecule has 0 bridgehead atoms. The number of nitrogens with zero attached hydrogens (tertiary/aromatic N) is 1. The highest BCUT2D eigenvalue weighted by Gasteiger charge is 2.10. The van der Waals surface area contributed by atoms with Crippen molar-refractivity contribution in [2.24, 2.45) is 5.73 Å². The molecule has 2 rings (SSSR count). The van der Waals surface area contributed by atoms with Gasteiger partial charge in [0.25, 0.3) is 0 Å². The van der Waals surface area contributed by atoms with Gasteiger partial charge in [0.05, 0.1) is 20.8 Å². The van der Waals surface area contributed by atoms with Gasteiger partial charge < -0.3 is 19.6 Å². The second kappa shape index (κ2) is 3.78. The topological polar surface area (TPSA) is 70.5 Å². The molecule has 0 atom stereocenters. The summed E-state index contributed by atoms with van der Waals surface area (Å²) in [5.41, 5.74) is 6.80. The molecule has 1 aromatic heterocycles. The molecule has 2 N–H and O–H groups in total. The van der Waals surface area contributed by atoms with Crippen molar-refractivity contribution < 1.29 is 13.9 Å². The van der Waals surface area contributed by atoms with E-state index in [9.17, 15) is 0 Å². The van der Waals surface area contributed by atoms with Gasteiger partial charge in [-0.3, -0.25) is 0 Å². The van der Waals surface area contributed by atoms with E-state index in [1.165, 1.54) is 0 Å². The molecule has 0 aliphatic carbocycles. The molecular formula is C10H12N2O3. The summed E-state index contributed by atoms with van der Waals surface area (Å²) in [6.45, 7) is 0.277. The molecule has 0 spiro atoms. The van der Waals surface area contributed by atoms with Crippen LogP contribution in [0.1, 0.15) is 5.89 Å². The number of benzene rings is 1. The highest BCUT2D eigenvalue weighted by molar-refractivity contribution is 5.77. The van der Waals surface area contributed by atoms with Gasteiger partial charge in [-0.2, -0.15) is 0 Å². The Labute approximate surface area is 86.8 Å². The average Bonchev–Trinajstić information content (AvgIpc) is 2.68. The average molecular weight is 208 g/mol. The second-order valence-electron chi connectivity index (χ2n) is 2.99. The van der Waals surface area contributed by atoms with Crippen molar-refractivity contribution in [2.45, 2.75) is 6.54 Å². The lowest BCUT2D eigenvalue weighted by Gasteiger charge is -2.05. The lowest BCUT2D eigenvalue weighted by molar-refractivity contribution is 0.355. The molecule has 0 aliphatic heterocycles. The number of nitrogens with two attached hydrogens (primary N) is 1. The molecule has 2 aromatic rings. The first-order valence-corrected chi connectivity index (χ1v) is 4.50. The van der Waals surface area contributed by atoms with Crippen LogP contribution in [0.4, 0.5) is 0 Å². The fraction of sp³-hybridized carbons (Fsp3) is 0.300. The Morgan fingerprint density at radius 1 is 1.27 bits per heavy atom. The van der Waals surface area contributed by atoms with E-state index in [1.54, 1.807) is 26.4 Å². The molecule has 15 heavy (non-hydrogen) atoms. The molecule has 5 heteroatoms. The molecule has 5 nitrogen and oxygen atoms in total. The number of hydrogen-bond acceptors (Lipinski definition) is 5. The number of hydrogen-bond donors (Lipinski definition) is 1. The minimum atomic E-state index is 0.277. The smallest absolute Gasteiger partial charge is 0.209 e. The number of aromatic nitrogens is 1. The van der Waals surface area contributed by atoms with Crippen LogP contribution < -0.4 is 15.2 Å². The van der Waals surface area contributed by atoms with Gasteiger partial charge in [-0.25, -0.2) is 4.98 Å². The van der Waals surface area contributed by atoms with E-state index in [0.717, 1.165) is 0 Å². The van der Waals surface area contributed by atoms with E-state index in [2.05, 4.69) is 4.98 Å².